The summed E-state index contributed by atoms with van der Waals surface area (Å²) in [6.07, 6.45) is 0. The normalized spacial score (nSPS) is 15.4. The maximum Gasteiger partial charge on any atom is 0.324 e. The molecule has 1 fully saturated rings. The predicted molar refractivity (Wildman–Crippen MR) is 47.3 cm³/mol. The van der Waals surface area contributed by atoms with Gasteiger partial charge in [0.25, 0.3) is 0 Å². The zero-order valence-electron chi connectivity index (χ0n) is 6.25. The van der Waals surface area contributed by atoms with Gasteiger partial charge in [0.05, 0.1) is 0 Å². The molecule has 0 spiro atoms. The highest BCUT2D eigenvalue weighted by Crippen LogP contribution is 2.19. The molecule has 3 nitrogen and oxygen atoms in total. The fourth-order valence-electron chi connectivity index (χ4n) is 1.05. The lowest BCUT2D eigenvalue weighted by molar-refractivity contribution is 0.235. The molecule has 0 radical (unpaired) electrons. The highest BCUT2D eigenvalue weighted by Gasteiger charge is 2.23. The van der Waals surface area contributed by atoms with Crippen molar-refractivity contribution in [3.05, 3.63) is 29.3 Å². The van der Waals surface area contributed by atoms with Crippen LogP contribution in [0, 0.1) is 0 Å². The Morgan fingerprint density at radius 1 is 1.33 bits per heavy atom. The Morgan fingerprint density at radius 2 is 2.00 bits per heavy atom. The molecule has 0 unspecified atom stereocenters. The minimum atomic E-state index is -0.0580. The predicted octanol–water partition coefficient (Wildman–Crippen LogP) is 1.83. The molecular weight excluding hydrogens is 176 g/mol. The number of nitrogens with one attached hydrogen (secondary N) is 1. The van der Waals surface area contributed by atoms with Crippen molar-refractivity contribution in [1.82, 2.24) is 5.32 Å². The number of hydrogen-bond acceptors (Lipinski definition) is 1. The molecule has 4 heteroatoms. The van der Waals surface area contributed by atoms with Gasteiger partial charge in [-0.3, -0.25) is 4.90 Å². The molecule has 0 saturated carbocycles. The first-order valence-corrected chi connectivity index (χ1v) is 3.96. The molecule has 1 N–H and O–H groups in total. The molecule has 0 aromatic heterocycles. The minimum absolute atomic E-state index is 0.0580. The number of urea groups is 1. The van der Waals surface area contributed by atoms with Crippen molar-refractivity contribution in [1.29, 1.82) is 0 Å². The number of benzene rings is 1. The van der Waals surface area contributed by atoms with E-state index in [1.165, 1.54) is 0 Å². The van der Waals surface area contributed by atoms with E-state index in [0.717, 1.165) is 5.69 Å². The van der Waals surface area contributed by atoms with Crippen LogP contribution in [0.5, 0.6) is 0 Å². The van der Waals surface area contributed by atoms with E-state index in [-0.39, 0.29) is 6.03 Å². The number of nitrogens with zero attached hydrogens (tertiary/aromatic N) is 1. The smallest absolute Gasteiger partial charge is 0.320 e. The first kappa shape index (κ1) is 7.43. The topological polar surface area (TPSA) is 32.3 Å². The summed E-state index contributed by atoms with van der Waals surface area (Å²) in [6.45, 7) is 0.584. The summed E-state index contributed by atoms with van der Waals surface area (Å²) in [7, 11) is 0. The molecule has 1 saturated heterocycles. The van der Waals surface area contributed by atoms with Gasteiger partial charge in [-0.2, -0.15) is 0 Å². The van der Waals surface area contributed by atoms with E-state index in [1.807, 2.05) is 12.1 Å². The van der Waals surface area contributed by atoms with Crippen molar-refractivity contribution in [3.63, 3.8) is 0 Å². The van der Waals surface area contributed by atoms with E-state index in [9.17, 15) is 4.79 Å². The second-order valence-electron chi connectivity index (χ2n) is 2.54. The van der Waals surface area contributed by atoms with E-state index in [1.54, 1.807) is 17.0 Å². The van der Waals surface area contributed by atoms with E-state index >= 15 is 0 Å². The molecule has 2 amide bonds. The van der Waals surface area contributed by atoms with Crippen LogP contribution in [0.25, 0.3) is 0 Å². The summed E-state index contributed by atoms with van der Waals surface area (Å²) in [5.41, 5.74) is 0.878. The monoisotopic (exact) mass is 182 g/mol. The average Bonchev–Trinajstić information content (AvgIpc) is 2.06. The van der Waals surface area contributed by atoms with Gasteiger partial charge >= 0.3 is 6.03 Å². The fourth-order valence-corrected chi connectivity index (χ4v) is 1.18. The minimum Gasteiger partial charge on any atom is -0.320 e. The third-order valence-corrected chi connectivity index (χ3v) is 2.02. The largest absolute Gasteiger partial charge is 0.324 e. The lowest BCUT2D eigenvalue weighted by Crippen LogP contribution is -2.57. The van der Waals surface area contributed by atoms with Crippen LogP contribution in [0.2, 0.25) is 5.02 Å². The zero-order valence-corrected chi connectivity index (χ0v) is 7.01. The lowest BCUT2D eigenvalue weighted by atomic mass is 10.3. The molecule has 1 heterocycles. The number of anilines is 1. The van der Waals surface area contributed by atoms with Crippen LogP contribution in [-0.4, -0.2) is 12.7 Å². The maximum absolute atomic E-state index is 10.9. The third kappa shape index (κ3) is 1.12. The van der Waals surface area contributed by atoms with Gasteiger partial charge in [-0.05, 0) is 24.3 Å². The summed E-state index contributed by atoms with van der Waals surface area (Å²) in [5.74, 6) is 0. The van der Waals surface area contributed by atoms with Crippen molar-refractivity contribution in [3.8, 4) is 0 Å². The number of carbonyl (C=O) groups excluding carboxylic acids is 1. The lowest BCUT2D eigenvalue weighted by Gasteiger charge is -2.31. The van der Waals surface area contributed by atoms with Gasteiger partial charge in [0, 0.05) is 10.7 Å². The number of rotatable bonds is 1. The van der Waals surface area contributed by atoms with Crippen LogP contribution in [0.1, 0.15) is 0 Å². The summed E-state index contributed by atoms with van der Waals surface area (Å²) in [6, 6.07) is 7.12. The van der Waals surface area contributed by atoms with Crippen LogP contribution in [0.3, 0.4) is 0 Å². The molecule has 1 aromatic rings. The molecule has 1 aliphatic rings. The van der Waals surface area contributed by atoms with Crippen LogP contribution in [-0.2, 0) is 0 Å². The molecule has 0 atom stereocenters. The molecule has 1 aliphatic heterocycles. The Balaban J connectivity index is 2.23. The van der Waals surface area contributed by atoms with Crippen LogP contribution < -0.4 is 10.2 Å². The van der Waals surface area contributed by atoms with Gasteiger partial charge in [-0.1, -0.05) is 11.6 Å². The van der Waals surface area contributed by atoms with Crippen molar-refractivity contribution < 1.29 is 4.79 Å². The Kier molecular flexibility index (Phi) is 1.66. The molecule has 0 bridgehead atoms. The fraction of sp³-hybridized carbons (Fsp3) is 0.125. The van der Waals surface area contributed by atoms with E-state index < -0.39 is 0 Å². The van der Waals surface area contributed by atoms with Crippen molar-refractivity contribution >= 4 is 23.3 Å². The maximum atomic E-state index is 10.9. The quantitative estimate of drug-likeness (QED) is 0.706. The number of halogens is 1. The molecule has 0 aliphatic carbocycles. The van der Waals surface area contributed by atoms with Crippen molar-refractivity contribution in [2.45, 2.75) is 0 Å². The molecular formula is C8H7ClN2O. The Morgan fingerprint density at radius 3 is 2.42 bits per heavy atom. The van der Waals surface area contributed by atoms with Gasteiger partial charge < -0.3 is 5.32 Å². The van der Waals surface area contributed by atoms with E-state index in [4.69, 9.17) is 11.6 Å². The van der Waals surface area contributed by atoms with Gasteiger partial charge in [-0.25, -0.2) is 4.79 Å². The number of hydrogen-bond donors (Lipinski definition) is 1. The Hall–Kier alpha value is -1.22. The summed E-state index contributed by atoms with van der Waals surface area (Å²) in [4.78, 5) is 12.5. The van der Waals surface area contributed by atoms with E-state index in [0.29, 0.717) is 11.7 Å². The standard InChI is InChI=1S/C8H7ClN2O/c9-6-1-3-7(4-2-6)11-5-10-8(11)12/h1-4H,5H2,(H,10,12). The van der Waals surface area contributed by atoms with Crippen molar-refractivity contribution in [2.24, 2.45) is 0 Å². The zero-order chi connectivity index (χ0) is 8.55. The molecule has 62 valence electrons. The molecule has 2 rings (SSSR count). The van der Waals surface area contributed by atoms with Crippen molar-refractivity contribution in [2.75, 3.05) is 11.6 Å². The summed E-state index contributed by atoms with van der Waals surface area (Å²) >= 11 is 5.69. The first-order valence-electron chi connectivity index (χ1n) is 3.58. The van der Waals surface area contributed by atoms with E-state index in [2.05, 4.69) is 5.32 Å². The second kappa shape index (κ2) is 2.68. The van der Waals surface area contributed by atoms with Crippen LogP contribution in [0.4, 0.5) is 10.5 Å². The number of amides is 2. The summed E-state index contributed by atoms with van der Waals surface area (Å²) in [5, 5.41) is 3.31. The highest BCUT2D eigenvalue weighted by molar-refractivity contribution is 6.30. The highest BCUT2D eigenvalue weighted by atomic mass is 35.5. The first-order chi connectivity index (χ1) is 5.77. The van der Waals surface area contributed by atoms with Gasteiger partial charge in [0.2, 0.25) is 0 Å². The average molecular weight is 183 g/mol. The molecule has 12 heavy (non-hydrogen) atoms. The summed E-state index contributed by atoms with van der Waals surface area (Å²) < 4.78 is 0. The van der Waals surface area contributed by atoms with Crippen LogP contribution >= 0.6 is 11.6 Å². The van der Waals surface area contributed by atoms with Gasteiger partial charge in [0.15, 0.2) is 0 Å². The van der Waals surface area contributed by atoms with Gasteiger partial charge in [-0.15, -0.1) is 0 Å². The number of carbonyl (C=O) groups is 1. The molecule has 1 aromatic carbocycles. The van der Waals surface area contributed by atoms with Crippen LogP contribution in [0.15, 0.2) is 24.3 Å². The second-order valence-corrected chi connectivity index (χ2v) is 2.98. The van der Waals surface area contributed by atoms with Gasteiger partial charge in [0.1, 0.15) is 6.67 Å². The Labute approximate surface area is 74.9 Å². The third-order valence-electron chi connectivity index (χ3n) is 1.77. The Bertz CT molecular complexity index is 309. The SMILES string of the molecule is O=C1NCN1c1ccc(Cl)cc1.